The molecule has 1 aliphatic carbocycles. The van der Waals surface area contributed by atoms with E-state index in [2.05, 4.69) is 61.7 Å². The van der Waals surface area contributed by atoms with Gasteiger partial charge in [0.1, 0.15) is 14.1 Å². The summed E-state index contributed by atoms with van der Waals surface area (Å²) in [5.41, 5.74) is 5.90. The smallest absolute Gasteiger partial charge is 0.211 e. The van der Waals surface area contributed by atoms with Crippen molar-refractivity contribution in [1.29, 1.82) is 0 Å². The molecule has 6 nitrogen and oxygen atoms in total. The van der Waals surface area contributed by atoms with E-state index in [1.54, 1.807) is 4.31 Å². The summed E-state index contributed by atoms with van der Waals surface area (Å²) in [4.78, 5) is 8.69. The second kappa shape index (κ2) is 9.08. The normalized spacial score (nSPS) is 16.0. The first-order valence-corrected chi connectivity index (χ1v) is 14.0. The summed E-state index contributed by atoms with van der Waals surface area (Å²) >= 11 is 1.81. The van der Waals surface area contributed by atoms with Gasteiger partial charge in [0.15, 0.2) is 0 Å². The number of aromatic nitrogens is 1. The Bertz CT molecular complexity index is 1290. The summed E-state index contributed by atoms with van der Waals surface area (Å²) in [6, 6.07) is 8.98. The van der Waals surface area contributed by atoms with E-state index in [0.29, 0.717) is 19.6 Å². The van der Waals surface area contributed by atoms with Crippen LogP contribution in [0.15, 0.2) is 24.3 Å². The van der Waals surface area contributed by atoms with Gasteiger partial charge in [0, 0.05) is 44.0 Å². The molecule has 0 radical (unpaired) electrons. The Morgan fingerprint density at radius 2 is 1.75 bits per heavy atom. The van der Waals surface area contributed by atoms with Gasteiger partial charge in [-0.25, -0.2) is 22.3 Å². The Balaban J connectivity index is 1.83. The Hall–Kier alpha value is -2.03. The maximum absolute atomic E-state index is 12.0. The molecule has 1 aromatic rings. The van der Waals surface area contributed by atoms with Crippen molar-refractivity contribution in [2.75, 3.05) is 51.4 Å². The highest BCUT2D eigenvalue weighted by molar-refractivity contribution is 7.88. The van der Waals surface area contributed by atoms with Gasteiger partial charge in [0.05, 0.1) is 27.0 Å². The Kier molecular flexibility index (Phi) is 6.56. The molecular weight excluding hydrogens is 440 g/mol. The number of anilines is 1. The second-order valence-electron chi connectivity index (χ2n) is 8.72. The predicted octanol–water partition coefficient (Wildman–Crippen LogP) is 3.03. The van der Waals surface area contributed by atoms with Gasteiger partial charge < -0.3 is 4.90 Å². The molecule has 0 unspecified atom stereocenters. The largest absolute Gasteiger partial charge is 0.370 e. The van der Waals surface area contributed by atoms with Gasteiger partial charge in [0.2, 0.25) is 15.4 Å². The van der Waals surface area contributed by atoms with E-state index in [1.807, 2.05) is 11.3 Å². The van der Waals surface area contributed by atoms with Gasteiger partial charge in [-0.15, -0.1) is 11.3 Å². The maximum atomic E-state index is 12.0. The summed E-state index contributed by atoms with van der Waals surface area (Å²) in [6.07, 6.45) is 4.00. The molecule has 0 aromatic heterocycles. The van der Waals surface area contributed by atoms with Crippen molar-refractivity contribution >= 4 is 37.3 Å². The topological polar surface area (TPSA) is 56.5 Å². The van der Waals surface area contributed by atoms with Crippen LogP contribution in [-0.2, 0) is 22.9 Å². The molecule has 2 heterocycles. The number of hydrogen-bond donors (Lipinski definition) is 0. The Labute approximate surface area is 195 Å². The van der Waals surface area contributed by atoms with Crippen molar-refractivity contribution in [3.63, 3.8) is 0 Å². The summed E-state index contributed by atoms with van der Waals surface area (Å²) < 4.78 is 28.9. The van der Waals surface area contributed by atoms with Crippen LogP contribution in [0.2, 0.25) is 0 Å². The van der Waals surface area contributed by atoms with Gasteiger partial charge >= 0.3 is 0 Å². The molecule has 172 valence electrons. The van der Waals surface area contributed by atoms with Crippen LogP contribution in [0.1, 0.15) is 31.4 Å². The fraction of sp³-hybridized carbons (Fsp3) is 0.500. The molecular formula is C24H33N4O2S2+. The molecule has 0 N–H and O–H groups in total. The average Bonchev–Trinajstić information content (AvgIpc) is 3.02. The van der Waals surface area contributed by atoms with Crippen LogP contribution >= 0.6 is 11.3 Å². The molecule has 0 bridgehead atoms. The molecule has 1 aromatic carbocycles. The lowest BCUT2D eigenvalue weighted by Gasteiger charge is -2.24. The average molecular weight is 474 g/mol. The van der Waals surface area contributed by atoms with Crippen LogP contribution in [0.5, 0.6) is 0 Å². The van der Waals surface area contributed by atoms with Gasteiger partial charge in [-0.1, -0.05) is 13.8 Å². The lowest BCUT2D eigenvalue weighted by molar-refractivity contribution is 0.437. The lowest BCUT2D eigenvalue weighted by Crippen LogP contribution is -2.34. The third-order valence-corrected chi connectivity index (χ3v) is 8.65. The molecule has 8 heteroatoms. The van der Waals surface area contributed by atoms with Crippen molar-refractivity contribution in [2.24, 2.45) is 0 Å². The summed E-state index contributed by atoms with van der Waals surface area (Å²) in [5, 5.41) is 1.20. The zero-order valence-corrected chi connectivity index (χ0v) is 21.3. The SMILES string of the molecule is CCc1cc(=[N+](C)C)cc2sc3cc(N4CCCN(S(C)(=O)=O)CC4)cc(CC)c3nc1-2. The highest BCUT2D eigenvalue weighted by Crippen LogP contribution is 2.36. The highest BCUT2D eigenvalue weighted by atomic mass is 32.2. The maximum Gasteiger partial charge on any atom is 0.211 e. The van der Waals surface area contributed by atoms with E-state index < -0.39 is 10.0 Å². The highest BCUT2D eigenvalue weighted by Gasteiger charge is 2.23. The number of nitrogens with zero attached hydrogens (tertiary/aromatic N) is 4. The zero-order chi connectivity index (χ0) is 23.0. The molecule has 1 fully saturated rings. The van der Waals surface area contributed by atoms with Crippen LogP contribution in [0.25, 0.3) is 20.8 Å². The van der Waals surface area contributed by atoms with E-state index in [0.717, 1.165) is 37.0 Å². The van der Waals surface area contributed by atoms with Crippen molar-refractivity contribution in [1.82, 2.24) is 13.9 Å². The molecule has 1 saturated heterocycles. The summed E-state index contributed by atoms with van der Waals surface area (Å²) in [5.74, 6) is 0. The fourth-order valence-corrected chi connectivity index (χ4v) is 6.42. The number of benzene rings is 2. The predicted molar refractivity (Wildman–Crippen MR) is 135 cm³/mol. The second-order valence-corrected chi connectivity index (χ2v) is 11.8. The zero-order valence-electron chi connectivity index (χ0n) is 19.7. The molecule has 0 spiro atoms. The molecule has 32 heavy (non-hydrogen) atoms. The van der Waals surface area contributed by atoms with E-state index in [1.165, 1.54) is 38.0 Å². The summed E-state index contributed by atoms with van der Waals surface area (Å²) in [6.45, 7) is 7.05. The van der Waals surface area contributed by atoms with Gasteiger partial charge in [-0.2, -0.15) is 0 Å². The van der Waals surface area contributed by atoms with Gasteiger partial charge in [0.25, 0.3) is 0 Å². The van der Waals surface area contributed by atoms with Crippen molar-refractivity contribution in [2.45, 2.75) is 33.1 Å². The first-order valence-electron chi connectivity index (χ1n) is 11.3. The van der Waals surface area contributed by atoms with E-state index in [-0.39, 0.29) is 0 Å². The summed E-state index contributed by atoms with van der Waals surface area (Å²) in [7, 11) is 1.00. The lowest BCUT2D eigenvalue weighted by atomic mass is 10.1. The van der Waals surface area contributed by atoms with Crippen LogP contribution < -0.4 is 14.8 Å². The van der Waals surface area contributed by atoms with Crippen LogP contribution in [0, 0.1) is 0 Å². The molecule has 0 atom stereocenters. The third kappa shape index (κ3) is 4.54. The van der Waals surface area contributed by atoms with E-state index in [4.69, 9.17) is 4.98 Å². The quantitative estimate of drug-likeness (QED) is 0.432. The Morgan fingerprint density at radius 1 is 1.00 bits per heavy atom. The minimum absolute atomic E-state index is 0.532. The number of rotatable bonds is 4. The van der Waals surface area contributed by atoms with Gasteiger partial charge in [-0.05, 0) is 42.5 Å². The minimum atomic E-state index is -3.15. The number of aryl methyl sites for hydroxylation is 2. The standard InChI is InChI=1S/C24H33N4O2S2/c1-6-17-13-19(26(3)4)15-21-23(17)25-24-18(7-2)14-20(16-22(24)31-21)27-9-8-10-28(12-11-27)32(5,29)30/h13-16H,6-12H2,1-5H3/q+1. The van der Waals surface area contributed by atoms with Crippen LogP contribution in [0.4, 0.5) is 5.69 Å². The van der Waals surface area contributed by atoms with Crippen LogP contribution in [-0.4, -0.2) is 64.2 Å². The Morgan fingerprint density at radius 3 is 2.41 bits per heavy atom. The van der Waals surface area contributed by atoms with E-state index >= 15 is 0 Å². The first-order chi connectivity index (χ1) is 15.2. The molecule has 3 aliphatic rings. The van der Waals surface area contributed by atoms with E-state index in [9.17, 15) is 8.42 Å². The molecule has 0 saturated carbocycles. The minimum Gasteiger partial charge on any atom is -0.370 e. The van der Waals surface area contributed by atoms with Crippen molar-refractivity contribution in [3.05, 3.63) is 40.7 Å². The van der Waals surface area contributed by atoms with Crippen LogP contribution in [0.3, 0.4) is 0 Å². The van der Waals surface area contributed by atoms with Crippen molar-refractivity contribution in [3.8, 4) is 10.6 Å². The van der Waals surface area contributed by atoms with Gasteiger partial charge in [-0.3, -0.25) is 0 Å². The third-order valence-electron chi connectivity index (χ3n) is 6.29. The first kappa shape index (κ1) is 23.1. The monoisotopic (exact) mass is 473 g/mol. The number of hydrogen-bond acceptors (Lipinski definition) is 5. The number of sulfonamides is 1. The molecule has 0 amide bonds. The fourth-order valence-electron chi connectivity index (χ4n) is 4.40. The number of fused-ring (bicyclic) bond motifs is 2. The van der Waals surface area contributed by atoms with Crippen molar-refractivity contribution < 1.29 is 8.42 Å². The molecule has 2 aliphatic heterocycles. The molecule has 4 rings (SSSR count).